The van der Waals surface area contributed by atoms with Crippen LogP contribution in [0.15, 0.2) is 54.9 Å². The van der Waals surface area contributed by atoms with E-state index in [-0.39, 0.29) is 18.8 Å². The number of aromatic nitrogens is 3. The summed E-state index contributed by atoms with van der Waals surface area (Å²) in [6, 6.07) is 10.8. The van der Waals surface area contributed by atoms with E-state index in [1.54, 1.807) is 36.7 Å². The molecule has 0 aliphatic carbocycles. The van der Waals surface area contributed by atoms with Crippen LogP contribution in [-0.4, -0.2) is 46.3 Å². The van der Waals surface area contributed by atoms with E-state index < -0.39 is 33.8 Å². The third kappa shape index (κ3) is 5.11. The van der Waals surface area contributed by atoms with E-state index in [1.165, 1.54) is 18.2 Å². The van der Waals surface area contributed by atoms with Gasteiger partial charge in [-0.25, -0.2) is 22.8 Å². The lowest BCUT2D eigenvalue weighted by molar-refractivity contribution is -0.0495. The van der Waals surface area contributed by atoms with Crippen LogP contribution >= 0.6 is 0 Å². The number of nitrogens with zero attached hydrogens (tertiary/aromatic N) is 4. The summed E-state index contributed by atoms with van der Waals surface area (Å²) in [5.74, 6) is -0.625. The number of pyridine rings is 1. The van der Waals surface area contributed by atoms with E-state index in [2.05, 4.69) is 20.3 Å². The van der Waals surface area contributed by atoms with Crippen molar-refractivity contribution in [1.29, 1.82) is 0 Å². The van der Waals surface area contributed by atoms with Gasteiger partial charge in [0.05, 0.1) is 5.69 Å². The molecule has 3 heterocycles. The average molecular weight is 481 g/mol. The summed E-state index contributed by atoms with van der Waals surface area (Å²) in [6.07, 6.45) is 3.80. The molecule has 0 radical (unpaired) electrons. The van der Waals surface area contributed by atoms with Crippen LogP contribution in [0.1, 0.15) is 24.6 Å². The number of halogens is 4. The summed E-state index contributed by atoms with van der Waals surface area (Å²) in [7, 11) is -5.46. The van der Waals surface area contributed by atoms with Crippen molar-refractivity contribution in [3.63, 3.8) is 0 Å². The maximum absolute atomic E-state index is 13.6. The maximum atomic E-state index is 13.6. The van der Waals surface area contributed by atoms with Gasteiger partial charge >= 0.3 is 15.5 Å². The second kappa shape index (κ2) is 9.02. The molecule has 4 rings (SSSR count). The molecule has 0 spiro atoms. The number of anilines is 2. The lowest BCUT2D eigenvalue weighted by Crippen LogP contribution is -2.45. The molecule has 1 fully saturated rings. The van der Waals surface area contributed by atoms with Gasteiger partial charge in [-0.2, -0.15) is 17.5 Å². The Morgan fingerprint density at radius 1 is 1.09 bits per heavy atom. The van der Waals surface area contributed by atoms with Crippen LogP contribution in [0, 0.1) is 5.82 Å². The minimum Gasteiger partial charge on any atom is -0.340 e. The first kappa shape index (κ1) is 23.1. The van der Waals surface area contributed by atoms with Gasteiger partial charge in [0.2, 0.25) is 0 Å². The zero-order valence-corrected chi connectivity index (χ0v) is 17.9. The first-order valence-electron chi connectivity index (χ1n) is 10.0. The number of rotatable bonds is 5. The molecule has 1 saturated heterocycles. The number of hydrogen-bond donors (Lipinski definition) is 1. The summed E-state index contributed by atoms with van der Waals surface area (Å²) in [4.78, 5) is 13.0. The second-order valence-electron chi connectivity index (χ2n) is 7.52. The van der Waals surface area contributed by atoms with Crippen molar-refractivity contribution in [1.82, 2.24) is 19.3 Å². The zero-order chi connectivity index (χ0) is 23.6. The van der Waals surface area contributed by atoms with Gasteiger partial charge in [-0.15, -0.1) is 0 Å². The molecule has 174 valence electrons. The van der Waals surface area contributed by atoms with Crippen molar-refractivity contribution in [3.8, 4) is 11.3 Å². The lowest BCUT2D eigenvalue weighted by Gasteiger charge is -2.31. The lowest BCUT2D eigenvalue weighted by atomic mass is 9.98. The molecule has 2 aromatic heterocycles. The minimum absolute atomic E-state index is 0.192. The highest BCUT2D eigenvalue weighted by Crippen LogP contribution is 2.34. The normalized spacial score (nSPS) is 17.6. The minimum atomic E-state index is -5.46. The van der Waals surface area contributed by atoms with Crippen LogP contribution in [0.3, 0.4) is 0 Å². The summed E-state index contributed by atoms with van der Waals surface area (Å²) >= 11 is 0. The van der Waals surface area contributed by atoms with Crippen molar-refractivity contribution >= 4 is 21.5 Å². The third-order valence-corrected chi connectivity index (χ3v) is 6.78. The Morgan fingerprint density at radius 2 is 1.91 bits per heavy atom. The molecule has 1 unspecified atom stereocenters. The molecule has 0 bridgehead atoms. The summed E-state index contributed by atoms with van der Waals surface area (Å²) in [5, 5.41) is 2.98. The van der Waals surface area contributed by atoms with Crippen molar-refractivity contribution in [2.45, 2.75) is 24.3 Å². The van der Waals surface area contributed by atoms with Gasteiger partial charge < -0.3 is 5.32 Å². The predicted octanol–water partition coefficient (Wildman–Crippen LogP) is 4.45. The number of sulfonamides is 1. The molecule has 0 amide bonds. The predicted molar refractivity (Wildman–Crippen MR) is 113 cm³/mol. The van der Waals surface area contributed by atoms with Crippen LogP contribution < -0.4 is 5.32 Å². The fourth-order valence-corrected chi connectivity index (χ4v) is 4.65. The quantitative estimate of drug-likeness (QED) is 0.542. The van der Waals surface area contributed by atoms with Crippen LogP contribution in [0.4, 0.5) is 29.1 Å². The van der Waals surface area contributed by atoms with Gasteiger partial charge in [0, 0.05) is 48.7 Å². The third-order valence-electron chi connectivity index (χ3n) is 5.18. The smallest absolute Gasteiger partial charge is 0.340 e. The van der Waals surface area contributed by atoms with Crippen molar-refractivity contribution in [2.75, 3.05) is 18.4 Å². The largest absolute Gasteiger partial charge is 0.511 e. The van der Waals surface area contributed by atoms with E-state index in [0.29, 0.717) is 33.5 Å². The number of benzene rings is 1. The monoisotopic (exact) mass is 481 g/mol. The number of alkyl halides is 3. The van der Waals surface area contributed by atoms with Gasteiger partial charge in [0.1, 0.15) is 17.5 Å². The Bertz CT molecular complexity index is 1240. The molecule has 1 aromatic carbocycles. The molecule has 3 aromatic rings. The molecule has 12 heteroatoms. The highest BCUT2D eigenvalue weighted by molar-refractivity contribution is 7.90. The highest BCUT2D eigenvalue weighted by atomic mass is 32.2. The molecule has 1 aliphatic heterocycles. The van der Waals surface area contributed by atoms with Gasteiger partial charge in [-0.3, -0.25) is 4.98 Å². The van der Waals surface area contributed by atoms with E-state index in [1.807, 2.05) is 0 Å². The SMILES string of the molecule is O=S(=O)(N1CCCC(c2nc(Nc3cccc(F)c3)cc(-c3cccnc3)n2)C1)C(F)(F)F. The molecule has 7 nitrogen and oxygen atoms in total. The molecule has 1 N–H and O–H groups in total. The van der Waals surface area contributed by atoms with Crippen molar-refractivity contribution in [3.05, 3.63) is 66.5 Å². The highest BCUT2D eigenvalue weighted by Gasteiger charge is 2.51. The van der Waals surface area contributed by atoms with E-state index in [0.717, 1.165) is 0 Å². The van der Waals surface area contributed by atoms with Gasteiger partial charge in [0.25, 0.3) is 0 Å². The van der Waals surface area contributed by atoms with Gasteiger partial charge in [-0.1, -0.05) is 6.07 Å². The first-order chi connectivity index (χ1) is 15.6. The standard InChI is InChI=1S/C21H19F4N5O2S/c22-16-6-1-7-17(10-16)27-19-11-18(14-4-2-8-26-12-14)28-20(29-19)15-5-3-9-30(13-15)33(31,32)21(23,24)25/h1-2,4,6-8,10-12,15H,3,5,9,13H2,(H,27,28,29). The molecule has 1 aliphatic rings. The average Bonchev–Trinajstić information content (AvgIpc) is 2.79. The Balaban J connectivity index is 1.71. The van der Waals surface area contributed by atoms with Crippen LogP contribution in [0.25, 0.3) is 11.3 Å². The molecule has 0 saturated carbocycles. The van der Waals surface area contributed by atoms with E-state index >= 15 is 0 Å². The molecular weight excluding hydrogens is 462 g/mol. The van der Waals surface area contributed by atoms with Gasteiger partial charge in [0.15, 0.2) is 0 Å². The fraction of sp³-hybridized carbons (Fsp3) is 0.286. The topological polar surface area (TPSA) is 88.1 Å². The van der Waals surface area contributed by atoms with Crippen molar-refractivity contribution < 1.29 is 26.0 Å². The Labute approximate surface area is 187 Å². The number of hydrogen-bond acceptors (Lipinski definition) is 6. The van der Waals surface area contributed by atoms with Crippen LogP contribution in [-0.2, 0) is 10.0 Å². The summed E-state index contributed by atoms with van der Waals surface area (Å²) < 4.78 is 77.1. The molecule has 1 atom stereocenters. The number of piperidine rings is 1. The Kier molecular flexibility index (Phi) is 6.30. The first-order valence-corrected chi connectivity index (χ1v) is 11.5. The Morgan fingerprint density at radius 3 is 2.61 bits per heavy atom. The van der Waals surface area contributed by atoms with Crippen LogP contribution in [0.5, 0.6) is 0 Å². The fourth-order valence-electron chi connectivity index (χ4n) is 3.61. The zero-order valence-electron chi connectivity index (χ0n) is 17.1. The summed E-state index contributed by atoms with van der Waals surface area (Å²) in [5.41, 5.74) is -3.87. The number of nitrogens with one attached hydrogen (secondary N) is 1. The van der Waals surface area contributed by atoms with Crippen molar-refractivity contribution in [2.24, 2.45) is 0 Å². The van der Waals surface area contributed by atoms with E-state index in [4.69, 9.17) is 0 Å². The summed E-state index contributed by atoms with van der Waals surface area (Å²) in [6.45, 7) is -0.618. The Hall–Kier alpha value is -3.12. The second-order valence-corrected chi connectivity index (χ2v) is 9.45. The maximum Gasteiger partial charge on any atom is 0.511 e. The van der Waals surface area contributed by atoms with Crippen LogP contribution in [0.2, 0.25) is 0 Å². The molecule has 33 heavy (non-hydrogen) atoms. The molecular formula is C21H19F4N5O2S. The van der Waals surface area contributed by atoms with Gasteiger partial charge in [-0.05, 0) is 43.2 Å². The van der Waals surface area contributed by atoms with E-state index in [9.17, 15) is 26.0 Å².